The summed E-state index contributed by atoms with van der Waals surface area (Å²) in [4.78, 5) is 12.2. The van der Waals surface area contributed by atoms with Gasteiger partial charge in [-0.15, -0.1) is 0 Å². The van der Waals surface area contributed by atoms with Gasteiger partial charge in [-0.05, 0) is 36.0 Å². The van der Waals surface area contributed by atoms with Crippen LogP contribution in [0.1, 0.15) is 53.9 Å². The van der Waals surface area contributed by atoms with E-state index in [1.807, 2.05) is 0 Å². The first-order valence-electron chi connectivity index (χ1n) is 6.57. The average molecular weight is 223 g/mol. The zero-order chi connectivity index (χ0) is 12.1. The number of rotatable bonds is 2. The highest BCUT2D eigenvalue weighted by Crippen LogP contribution is 2.68. The Balaban J connectivity index is 1.91. The first kappa shape index (κ1) is 11.9. The molecule has 0 aromatic carbocycles. The molecule has 2 rings (SSSR count). The molecule has 0 spiro atoms. The summed E-state index contributed by atoms with van der Waals surface area (Å²) in [6, 6.07) is 0.440. The second-order valence-corrected chi connectivity index (χ2v) is 7.00. The maximum absolute atomic E-state index is 12.2. The van der Waals surface area contributed by atoms with Crippen LogP contribution in [0.4, 0.5) is 0 Å². The first-order chi connectivity index (χ1) is 7.26. The Morgan fingerprint density at radius 1 is 1.12 bits per heavy atom. The molecule has 0 radical (unpaired) electrons. The lowest BCUT2D eigenvalue weighted by Crippen LogP contribution is -2.35. The molecule has 1 amide bonds. The van der Waals surface area contributed by atoms with Crippen molar-refractivity contribution in [3.63, 3.8) is 0 Å². The standard InChI is InChI=1S/C14H25NO/c1-9-6-7-10(8-9)15-12(16)11-13(2,3)14(11,4)5/h9-11H,6-8H2,1-5H3,(H,15,16). The minimum absolute atomic E-state index is 0.168. The minimum atomic E-state index is 0.168. The fourth-order valence-electron chi connectivity index (χ4n) is 3.47. The topological polar surface area (TPSA) is 29.1 Å². The molecule has 0 bridgehead atoms. The molecule has 2 aliphatic rings. The molecule has 0 heterocycles. The van der Waals surface area contributed by atoms with Crippen molar-refractivity contribution in [1.29, 1.82) is 0 Å². The number of carbonyl (C=O) groups excluding carboxylic acids is 1. The average Bonchev–Trinajstić information content (AvgIpc) is 2.44. The third-order valence-corrected chi connectivity index (χ3v) is 5.32. The maximum atomic E-state index is 12.2. The lowest BCUT2D eigenvalue weighted by atomic mass is 10.0. The van der Waals surface area contributed by atoms with Crippen LogP contribution >= 0.6 is 0 Å². The monoisotopic (exact) mass is 223 g/mol. The minimum Gasteiger partial charge on any atom is -0.353 e. The van der Waals surface area contributed by atoms with Crippen molar-refractivity contribution in [2.24, 2.45) is 22.7 Å². The van der Waals surface area contributed by atoms with Crippen molar-refractivity contribution in [2.45, 2.75) is 59.9 Å². The largest absolute Gasteiger partial charge is 0.353 e. The fraction of sp³-hybridized carbons (Fsp3) is 0.929. The highest BCUT2D eigenvalue weighted by Gasteiger charge is 2.68. The quantitative estimate of drug-likeness (QED) is 0.766. The van der Waals surface area contributed by atoms with E-state index in [0.29, 0.717) is 6.04 Å². The van der Waals surface area contributed by atoms with Gasteiger partial charge in [0.25, 0.3) is 0 Å². The summed E-state index contributed by atoms with van der Waals surface area (Å²) in [6.07, 6.45) is 3.60. The third-order valence-electron chi connectivity index (χ3n) is 5.32. The Morgan fingerprint density at radius 2 is 1.69 bits per heavy atom. The SMILES string of the molecule is CC1CCC(NC(=O)C2C(C)(C)C2(C)C)C1. The molecule has 2 saturated carbocycles. The second-order valence-electron chi connectivity index (χ2n) is 7.00. The van der Waals surface area contributed by atoms with Crippen molar-refractivity contribution < 1.29 is 4.79 Å². The van der Waals surface area contributed by atoms with E-state index in [4.69, 9.17) is 0 Å². The lowest BCUT2D eigenvalue weighted by Gasteiger charge is -2.13. The van der Waals surface area contributed by atoms with Crippen LogP contribution in [0.5, 0.6) is 0 Å². The van der Waals surface area contributed by atoms with Gasteiger partial charge < -0.3 is 5.32 Å². The third kappa shape index (κ3) is 1.66. The predicted molar refractivity (Wildman–Crippen MR) is 66.0 cm³/mol. The summed E-state index contributed by atoms with van der Waals surface area (Å²) in [5, 5.41) is 3.24. The molecule has 2 atom stereocenters. The summed E-state index contributed by atoms with van der Waals surface area (Å²) >= 11 is 0. The van der Waals surface area contributed by atoms with E-state index in [-0.39, 0.29) is 22.7 Å². The fourth-order valence-corrected chi connectivity index (χ4v) is 3.47. The van der Waals surface area contributed by atoms with Gasteiger partial charge in [0.2, 0.25) is 5.91 Å². The molecule has 2 unspecified atom stereocenters. The Kier molecular flexibility index (Phi) is 2.60. The van der Waals surface area contributed by atoms with E-state index in [1.54, 1.807) is 0 Å². The van der Waals surface area contributed by atoms with Crippen molar-refractivity contribution in [1.82, 2.24) is 5.32 Å². The van der Waals surface area contributed by atoms with E-state index in [9.17, 15) is 4.79 Å². The molecule has 2 heteroatoms. The number of carbonyl (C=O) groups is 1. The summed E-state index contributed by atoms with van der Waals surface area (Å²) in [5.74, 6) is 1.27. The number of amides is 1. The van der Waals surface area contributed by atoms with Crippen LogP contribution in [0.15, 0.2) is 0 Å². The van der Waals surface area contributed by atoms with E-state index >= 15 is 0 Å². The number of hydrogen-bond acceptors (Lipinski definition) is 1. The van der Waals surface area contributed by atoms with Gasteiger partial charge in [-0.2, -0.15) is 0 Å². The zero-order valence-electron chi connectivity index (χ0n) is 11.3. The molecule has 0 saturated heterocycles. The smallest absolute Gasteiger partial charge is 0.224 e. The second kappa shape index (κ2) is 3.48. The van der Waals surface area contributed by atoms with Crippen LogP contribution in [-0.4, -0.2) is 11.9 Å². The molecule has 0 aliphatic heterocycles. The molecule has 0 aromatic rings. The summed E-state index contributed by atoms with van der Waals surface area (Å²) in [6.45, 7) is 11.1. The van der Waals surface area contributed by atoms with Gasteiger partial charge in [0, 0.05) is 12.0 Å². The van der Waals surface area contributed by atoms with Crippen LogP contribution in [0.2, 0.25) is 0 Å². The Hall–Kier alpha value is -0.530. The Morgan fingerprint density at radius 3 is 2.06 bits per heavy atom. The van der Waals surface area contributed by atoms with Crippen LogP contribution in [0.3, 0.4) is 0 Å². The molecule has 2 fully saturated rings. The van der Waals surface area contributed by atoms with Gasteiger partial charge in [0.15, 0.2) is 0 Å². The van der Waals surface area contributed by atoms with Gasteiger partial charge in [0.05, 0.1) is 0 Å². The zero-order valence-corrected chi connectivity index (χ0v) is 11.3. The van der Waals surface area contributed by atoms with E-state index < -0.39 is 0 Å². The van der Waals surface area contributed by atoms with E-state index in [1.165, 1.54) is 19.3 Å². The normalized spacial score (nSPS) is 36.1. The molecule has 1 N–H and O–H groups in total. The van der Waals surface area contributed by atoms with Crippen molar-refractivity contribution in [3.05, 3.63) is 0 Å². The first-order valence-corrected chi connectivity index (χ1v) is 6.57. The lowest BCUT2D eigenvalue weighted by molar-refractivity contribution is -0.124. The predicted octanol–water partition coefficient (Wildman–Crippen LogP) is 2.97. The van der Waals surface area contributed by atoms with Crippen molar-refractivity contribution >= 4 is 5.91 Å². The van der Waals surface area contributed by atoms with Gasteiger partial charge in [0.1, 0.15) is 0 Å². The van der Waals surface area contributed by atoms with Gasteiger partial charge in [-0.25, -0.2) is 0 Å². The van der Waals surface area contributed by atoms with Crippen LogP contribution in [0.25, 0.3) is 0 Å². The van der Waals surface area contributed by atoms with Gasteiger partial charge in [-0.1, -0.05) is 34.6 Å². The summed E-state index contributed by atoms with van der Waals surface area (Å²) in [7, 11) is 0. The van der Waals surface area contributed by atoms with Gasteiger partial charge >= 0.3 is 0 Å². The molecule has 2 aliphatic carbocycles. The number of hydrogen-bond donors (Lipinski definition) is 1. The highest BCUT2D eigenvalue weighted by molar-refractivity contribution is 5.84. The number of nitrogens with one attached hydrogen (secondary N) is 1. The Labute approximate surface area is 99.2 Å². The van der Waals surface area contributed by atoms with Crippen LogP contribution in [0, 0.1) is 22.7 Å². The van der Waals surface area contributed by atoms with Crippen LogP contribution < -0.4 is 5.32 Å². The summed E-state index contributed by atoms with van der Waals surface area (Å²) < 4.78 is 0. The Bertz CT molecular complexity index is 292. The highest BCUT2D eigenvalue weighted by atomic mass is 16.2. The molecular weight excluding hydrogens is 198 g/mol. The molecule has 2 nitrogen and oxygen atoms in total. The molecular formula is C14H25NO. The maximum Gasteiger partial charge on any atom is 0.224 e. The summed E-state index contributed by atoms with van der Waals surface area (Å²) in [5.41, 5.74) is 0.336. The molecule has 92 valence electrons. The molecule has 0 aromatic heterocycles. The van der Waals surface area contributed by atoms with Gasteiger partial charge in [-0.3, -0.25) is 4.79 Å². The molecule has 16 heavy (non-hydrogen) atoms. The van der Waals surface area contributed by atoms with Crippen molar-refractivity contribution in [2.75, 3.05) is 0 Å². The van der Waals surface area contributed by atoms with Crippen molar-refractivity contribution in [3.8, 4) is 0 Å². The van der Waals surface area contributed by atoms with E-state index in [0.717, 1.165) is 5.92 Å². The van der Waals surface area contributed by atoms with E-state index in [2.05, 4.69) is 39.9 Å². The van der Waals surface area contributed by atoms with Crippen LogP contribution in [-0.2, 0) is 4.79 Å².